The fraction of sp³-hybridized carbons (Fsp3) is 0.0714. The molecule has 0 saturated carbocycles. The molecule has 2 heterocycles. The van der Waals surface area contributed by atoms with Gasteiger partial charge in [0.2, 0.25) is 5.91 Å². The van der Waals surface area contributed by atoms with Crippen molar-refractivity contribution >= 4 is 45.0 Å². The normalized spacial score (nSPS) is 11.1. The molecule has 3 N–H and O–H groups in total. The van der Waals surface area contributed by atoms with E-state index in [2.05, 4.69) is 4.98 Å². The lowest BCUT2D eigenvalue weighted by atomic mass is 9.93. The molecule has 0 atom stereocenters. The molecule has 3 aromatic carbocycles. The Labute approximate surface area is 216 Å². The zero-order valence-electron chi connectivity index (χ0n) is 19.2. The highest BCUT2D eigenvalue weighted by molar-refractivity contribution is 7.22. The highest BCUT2D eigenvalue weighted by Gasteiger charge is 2.20. The van der Waals surface area contributed by atoms with E-state index in [-0.39, 0.29) is 6.42 Å². The minimum Gasteiger partial charge on any atom is -0.481 e. The number of pyridine rings is 1. The van der Waals surface area contributed by atoms with Gasteiger partial charge in [-0.05, 0) is 66.1 Å². The van der Waals surface area contributed by atoms with Crippen LogP contribution in [0.1, 0.15) is 21.5 Å². The van der Waals surface area contributed by atoms with Crippen molar-refractivity contribution in [2.75, 3.05) is 0 Å². The number of benzene rings is 3. The molecule has 0 bridgehead atoms. The van der Waals surface area contributed by atoms with Crippen LogP contribution in [0.5, 0.6) is 0 Å². The molecule has 0 aliphatic heterocycles. The summed E-state index contributed by atoms with van der Waals surface area (Å²) in [5.74, 6) is -1.39. The highest BCUT2D eigenvalue weighted by Crippen LogP contribution is 2.41. The summed E-state index contributed by atoms with van der Waals surface area (Å²) in [6.45, 7) is 1.91. The smallest absolute Gasteiger partial charge is 0.307 e. The van der Waals surface area contributed by atoms with Crippen molar-refractivity contribution < 1.29 is 14.7 Å². The van der Waals surface area contributed by atoms with Gasteiger partial charge >= 0.3 is 5.97 Å². The molecule has 5 aromatic rings. The second-order valence-electron chi connectivity index (χ2n) is 8.37. The second-order valence-corrected chi connectivity index (χ2v) is 9.80. The Kier molecular flexibility index (Phi) is 6.26. The fourth-order valence-electron chi connectivity index (χ4n) is 4.21. The van der Waals surface area contributed by atoms with Gasteiger partial charge in [-0.3, -0.25) is 14.6 Å². The van der Waals surface area contributed by atoms with Crippen LogP contribution < -0.4 is 5.73 Å². The van der Waals surface area contributed by atoms with Gasteiger partial charge in [0.15, 0.2) is 0 Å². The van der Waals surface area contributed by atoms with Crippen molar-refractivity contribution in [3.63, 3.8) is 0 Å². The van der Waals surface area contributed by atoms with Crippen LogP contribution in [-0.4, -0.2) is 27.0 Å². The van der Waals surface area contributed by atoms with Gasteiger partial charge in [-0.1, -0.05) is 35.9 Å². The first-order valence-electron chi connectivity index (χ1n) is 11.1. The van der Waals surface area contributed by atoms with Gasteiger partial charge in [0.05, 0.1) is 22.3 Å². The van der Waals surface area contributed by atoms with E-state index in [9.17, 15) is 14.7 Å². The number of carbonyl (C=O) groups excluding carboxylic acids is 1. The molecule has 2 aromatic heterocycles. The van der Waals surface area contributed by atoms with Gasteiger partial charge in [-0.15, -0.1) is 11.3 Å². The number of primary amides is 1. The number of halogens is 1. The molecule has 1 amide bonds. The Morgan fingerprint density at radius 3 is 2.50 bits per heavy atom. The molecule has 0 fully saturated rings. The number of nitrogens with two attached hydrogens (primary N) is 1. The summed E-state index contributed by atoms with van der Waals surface area (Å²) in [7, 11) is 0. The molecule has 6 nitrogen and oxygen atoms in total. The van der Waals surface area contributed by atoms with Crippen LogP contribution in [0, 0.1) is 6.92 Å². The van der Waals surface area contributed by atoms with Crippen molar-refractivity contribution in [3.05, 3.63) is 94.6 Å². The monoisotopic (exact) mass is 513 g/mol. The van der Waals surface area contributed by atoms with Crippen LogP contribution in [0.2, 0.25) is 5.02 Å². The van der Waals surface area contributed by atoms with E-state index in [0.717, 1.165) is 48.6 Å². The Morgan fingerprint density at radius 1 is 1.00 bits per heavy atom. The largest absolute Gasteiger partial charge is 0.481 e. The molecule has 0 saturated heterocycles. The molecule has 0 unspecified atom stereocenters. The molecule has 178 valence electrons. The van der Waals surface area contributed by atoms with E-state index in [1.807, 2.05) is 43.3 Å². The third kappa shape index (κ3) is 4.58. The lowest BCUT2D eigenvalue weighted by molar-refractivity contribution is -0.136. The number of aromatic nitrogens is 2. The number of hydrogen-bond acceptors (Lipinski definition) is 5. The standard InChI is InChI=1S/C28H20ClN3O3S/c1-15-11-23-26(25(21(15)14-24(33)34)16-5-7-20(29)8-6-16)36-28(32-23)19-9-10-31-22(13-19)17-3-2-4-18(12-17)27(30)35/h2-13H,14H2,1H3,(H2,30,35)(H,33,34). The Morgan fingerprint density at radius 2 is 1.78 bits per heavy atom. The van der Waals surface area contributed by atoms with Crippen molar-refractivity contribution in [1.82, 2.24) is 9.97 Å². The third-order valence-electron chi connectivity index (χ3n) is 5.92. The maximum atomic E-state index is 11.7. The van der Waals surface area contributed by atoms with Gasteiger partial charge in [-0.25, -0.2) is 4.98 Å². The van der Waals surface area contributed by atoms with E-state index in [1.165, 1.54) is 11.3 Å². The quantitative estimate of drug-likeness (QED) is 0.274. The Balaban J connectivity index is 1.67. The summed E-state index contributed by atoms with van der Waals surface area (Å²) < 4.78 is 0.906. The van der Waals surface area contributed by atoms with Crippen molar-refractivity contribution in [2.24, 2.45) is 5.73 Å². The van der Waals surface area contributed by atoms with E-state index >= 15 is 0 Å². The molecule has 0 radical (unpaired) electrons. The third-order valence-corrected chi connectivity index (χ3v) is 7.31. The lowest BCUT2D eigenvalue weighted by Crippen LogP contribution is -2.10. The van der Waals surface area contributed by atoms with Gasteiger partial charge < -0.3 is 10.8 Å². The van der Waals surface area contributed by atoms with Crippen LogP contribution in [0.3, 0.4) is 0 Å². The topological polar surface area (TPSA) is 106 Å². The summed E-state index contributed by atoms with van der Waals surface area (Å²) in [6.07, 6.45) is 1.61. The van der Waals surface area contributed by atoms with Crippen LogP contribution in [-0.2, 0) is 11.2 Å². The minimum atomic E-state index is -0.894. The zero-order chi connectivity index (χ0) is 25.4. The number of nitrogens with zero attached hydrogens (tertiary/aromatic N) is 2. The lowest BCUT2D eigenvalue weighted by Gasteiger charge is -2.13. The first-order valence-corrected chi connectivity index (χ1v) is 12.3. The molecule has 8 heteroatoms. The van der Waals surface area contributed by atoms with Crippen molar-refractivity contribution in [1.29, 1.82) is 0 Å². The van der Waals surface area contributed by atoms with E-state index in [0.29, 0.717) is 16.3 Å². The summed E-state index contributed by atoms with van der Waals surface area (Å²) in [5.41, 5.74) is 12.3. The van der Waals surface area contributed by atoms with Gasteiger partial charge in [-0.2, -0.15) is 0 Å². The number of amides is 1. The van der Waals surface area contributed by atoms with Crippen molar-refractivity contribution in [2.45, 2.75) is 13.3 Å². The first-order chi connectivity index (χ1) is 17.3. The SMILES string of the molecule is Cc1cc2nc(-c3ccnc(-c4cccc(C(N)=O)c4)c3)sc2c(-c2ccc(Cl)cc2)c1CC(=O)O. The maximum absolute atomic E-state index is 11.7. The molecule has 0 aliphatic carbocycles. The number of aryl methyl sites for hydroxylation is 1. The number of hydrogen-bond donors (Lipinski definition) is 2. The fourth-order valence-corrected chi connectivity index (χ4v) is 5.47. The average molecular weight is 514 g/mol. The van der Waals surface area contributed by atoms with Gasteiger partial charge in [0.25, 0.3) is 0 Å². The van der Waals surface area contributed by atoms with Crippen LogP contribution in [0.15, 0.2) is 72.9 Å². The van der Waals surface area contributed by atoms with E-state index in [1.54, 1.807) is 36.5 Å². The van der Waals surface area contributed by atoms with Gasteiger partial charge in [0.1, 0.15) is 5.01 Å². The number of fused-ring (bicyclic) bond motifs is 1. The number of carbonyl (C=O) groups is 2. The van der Waals surface area contributed by atoms with Crippen LogP contribution in [0.4, 0.5) is 0 Å². The number of thiazole rings is 1. The minimum absolute atomic E-state index is 0.0947. The molecule has 5 rings (SSSR count). The number of carboxylic acids is 1. The predicted molar refractivity (Wildman–Crippen MR) is 143 cm³/mol. The second kappa shape index (κ2) is 9.53. The Hall–Kier alpha value is -4.07. The van der Waals surface area contributed by atoms with Crippen molar-refractivity contribution in [3.8, 4) is 33.0 Å². The van der Waals surface area contributed by atoms with Crippen LogP contribution in [0.25, 0.3) is 43.2 Å². The molecule has 0 aliphatic rings. The zero-order valence-corrected chi connectivity index (χ0v) is 20.7. The number of aliphatic carboxylic acids is 1. The summed E-state index contributed by atoms with van der Waals surface area (Å²) >= 11 is 7.61. The summed E-state index contributed by atoms with van der Waals surface area (Å²) in [4.78, 5) is 32.7. The molecule has 0 spiro atoms. The highest BCUT2D eigenvalue weighted by atomic mass is 35.5. The maximum Gasteiger partial charge on any atom is 0.307 e. The molecular weight excluding hydrogens is 494 g/mol. The number of rotatable bonds is 6. The number of carboxylic acid groups (broad SMARTS) is 1. The summed E-state index contributed by atoms with van der Waals surface area (Å²) in [5, 5.41) is 11.0. The van der Waals surface area contributed by atoms with Crippen LogP contribution >= 0.6 is 22.9 Å². The van der Waals surface area contributed by atoms with Gasteiger partial charge in [0, 0.05) is 33.5 Å². The Bertz CT molecular complexity index is 1640. The average Bonchev–Trinajstić information content (AvgIpc) is 3.28. The van der Waals surface area contributed by atoms with E-state index in [4.69, 9.17) is 22.3 Å². The molecular formula is C28H20ClN3O3S. The predicted octanol–water partition coefficient (Wildman–Crippen LogP) is 6.38. The van der Waals surface area contributed by atoms with E-state index < -0.39 is 11.9 Å². The first kappa shape index (κ1) is 23.7. The summed E-state index contributed by atoms with van der Waals surface area (Å²) in [6, 6.07) is 20.2. The molecule has 36 heavy (non-hydrogen) atoms.